The SMILES string of the molecule is COc1cc(NC(=O)CCCc2nc(-c3cccs3)no2)c(C(=O)N2CCCC2)cc1OC. The lowest BCUT2D eigenvalue weighted by Gasteiger charge is -2.20. The third kappa shape index (κ3) is 5.33. The summed E-state index contributed by atoms with van der Waals surface area (Å²) in [6.07, 6.45) is 3.20. The number of carbonyl (C=O) groups is 2. The molecule has 1 aliphatic rings. The zero-order valence-electron chi connectivity index (χ0n) is 18.6. The third-order valence-electron chi connectivity index (χ3n) is 5.43. The highest BCUT2D eigenvalue weighted by molar-refractivity contribution is 7.13. The average Bonchev–Trinajstić information content (AvgIpc) is 3.60. The predicted molar refractivity (Wildman–Crippen MR) is 124 cm³/mol. The van der Waals surface area contributed by atoms with Crippen LogP contribution in [0.25, 0.3) is 10.7 Å². The van der Waals surface area contributed by atoms with E-state index >= 15 is 0 Å². The van der Waals surface area contributed by atoms with Crippen LogP contribution in [-0.4, -0.2) is 54.2 Å². The maximum Gasteiger partial charge on any atom is 0.256 e. The van der Waals surface area contributed by atoms with Gasteiger partial charge in [-0.2, -0.15) is 4.98 Å². The summed E-state index contributed by atoms with van der Waals surface area (Å²) < 4.78 is 16.0. The van der Waals surface area contributed by atoms with E-state index in [0.717, 1.165) is 17.7 Å². The van der Waals surface area contributed by atoms with E-state index in [9.17, 15) is 9.59 Å². The van der Waals surface area contributed by atoms with Crippen LogP contribution in [-0.2, 0) is 11.2 Å². The van der Waals surface area contributed by atoms with Crippen LogP contribution in [0.1, 0.15) is 41.9 Å². The van der Waals surface area contributed by atoms with Crippen molar-refractivity contribution in [3.05, 3.63) is 41.1 Å². The van der Waals surface area contributed by atoms with Gasteiger partial charge in [-0.1, -0.05) is 11.2 Å². The van der Waals surface area contributed by atoms with E-state index < -0.39 is 0 Å². The number of rotatable bonds is 9. The molecule has 0 atom stereocenters. The molecule has 9 nitrogen and oxygen atoms in total. The Bertz CT molecular complexity index is 1110. The molecule has 2 aromatic heterocycles. The van der Waals surface area contributed by atoms with Crippen molar-refractivity contribution < 1.29 is 23.6 Å². The molecule has 3 heterocycles. The molecule has 1 fully saturated rings. The normalized spacial score (nSPS) is 13.2. The summed E-state index contributed by atoms with van der Waals surface area (Å²) in [6, 6.07) is 7.11. The van der Waals surface area contributed by atoms with Gasteiger partial charge in [-0.15, -0.1) is 11.3 Å². The minimum Gasteiger partial charge on any atom is -0.493 e. The van der Waals surface area contributed by atoms with Crippen LogP contribution < -0.4 is 14.8 Å². The topological polar surface area (TPSA) is 107 Å². The number of thiophene rings is 1. The molecular weight excluding hydrogens is 444 g/mol. The van der Waals surface area contributed by atoms with Gasteiger partial charge < -0.3 is 24.2 Å². The number of amides is 2. The zero-order chi connectivity index (χ0) is 23.2. The number of benzene rings is 1. The molecule has 0 saturated carbocycles. The number of hydrogen-bond acceptors (Lipinski definition) is 8. The number of ether oxygens (including phenoxy) is 2. The highest BCUT2D eigenvalue weighted by Crippen LogP contribution is 2.34. The van der Waals surface area contributed by atoms with Crippen molar-refractivity contribution >= 4 is 28.8 Å². The van der Waals surface area contributed by atoms with Crippen LogP contribution in [0.2, 0.25) is 0 Å². The van der Waals surface area contributed by atoms with Gasteiger partial charge in [0, 0.05) is 32.0 Å². The fourth-order valence-corrected chi connectivity index (χ4v) is 4.37. The molecule has 1 saturated heterocycles. The molecular formula is C23H26N4O5S. The third-order valence-corrected chi connectivity index (χ3v) is 6.29. The minimum atomic E-state index is -0.212. The van der Waals surface area contributed by atoms with Crippen molar-refractivity contribution in [3.63, 3.8) is 0 Å². The molecule has 2 amide bonds. The lowest BCUT2D eigenvalue weighted by atomic mass is 10.1. The smallest absolute Gasteiger partial charge is 0.256 e. The van der Waals surface area contributed by atoms with E-state index in [2.05, 4.69) is 15.5 Å². The number of nitrogens with zero attached hydrogens (tertiary/aromatic N) is 3. The first kappa shape index (κ1) is 22.8. The highest BCUT2D eigenvalue weighted by Gasteiger charge is 2.25. The number of anilines is 1. The van der Waals surface area contributed by atoms with E-state index in [1.165, 1.54) is 25.6 Å². The molecule has 1 aromatic carbocycles. The Labute approximate surface area is 195 Å². The summed E-state index contributed by atoms with van der Waals surface area (Å²) in [5.41, 5.74) is 0.799. The Hall–Kier alpha value is -3.40. The summed E-state index contributed by atoms with van der Waals surface area (Å²) in [4.78, 5) is 32.8. The first-order valence-corrected chi connectivity index (χ1v) is 11.7. The van der Waals surface area contributed by atoms with E-state index in [0.29, 0.717) is 60.4 Å². The van der Waals surface area contributed by atoms with Gasteiger partial charge in [-0.05, 0) is 36.8 Å². The number of aromatic nitrogens is 2. The lowest BCUT2D eigenvalue weighted by molar-refractivity contribution is -0.116. The molecule has 174 valence electrons. The maximum absolute atomic E-state index is 13.1. The second-order valence-electron chi connectivity index (χ2n) is 7.64. The number of hydrogen-bond donors (Lipinski definition) is 1. The molecule has 0 spiro atoms. The molecule has 4 rings (SSSR count). The monoisotopic (exact) mass is 470 g/mol. The Morgan fingerprint density at radius 1 is 1.18 bits per heavy atom. The molecule has 1 N–H and O–H groups in total. The molecule has 0 bridgehead atoms. The van der Waals surface area contributed by atoms with E-state index in [1.54, 1.807) is 17.0 Å². The summed E-state index contributed by atoms with van der Waals surface area (Å²) >= 11 is 1.54. The fraction of sp³-hybridized carbons (Fsp3) is 0.391. The molecule has 1 aliphatic heterocycles. The first-order chi connectivity index (χ1) is 16.1. The van der Waals surface area contributed by atoms with Gasteiger partial charge in [-0.25, -0.2) is 0 Å². The van der Waals surface area contributed by atoms with E-state index in [1.807, 2.05) is 17.5 Å². The molecule has 0 unspecified atom stereocenters. The van der Waals surface area contributed by atoms with Gasteiger partial charge in [-0.3, -0.25) is 9.59 Å². The second kappa shape index (κ2) is 10.5. The predicted octanol–water partition coefficient (Wildman–Crippen LogP) is 4.01. The molecule has 0 radical (unpaired) electrons. The zero-order valence-corrected chi connectivity index (χ0v) is 19.4. The van der Waals surface area contributed by atoms with Gasteiger partial charge in [0.25, 0.3) is 5.91 Å². The summed E-state index contributed by atoms with van der Waals surface area (Å²) in [5, 5.41) is 8.80. The van der Waals surface area contributed by atoms with Gasteiger partial charge in [0.1, 0.15) is 0 Å². The van der Waals surface area contributed by atoms with Crippen LogP contribution >= 0.6 is 11.3 Å². The van der Waals surface area contributed by atoms with Gasteiger partial charge >= 0.3 is 0 Å². The van der Waals surface area contributed by atoms with Crippen molar-refractivity contribution in [2.24, 2.45) is 0 Å². The van der Waals surface area contributed by atoms with Crippen molar-refractivity contribution in [3.8, 4) is 22.2 Å². The van der Waals surface area contributed by atoms with Crippen LogP contribution in [0.15, 0.2) is 34.2 Å². The number of aryl methyl sites for hydroxylation is 1. The van der Waals surface area contributed by atoms with Crippen molar-refractivity contribution in [1.29, 1.82) is 0 Å². The number of methoxy groups -OCH3 is 2. The minimum absolute atomic E-state index is 0.129. The Kier molecular flexibility index (Phi) is 7.23. The summed E-state index contributed by atoms with van der Waals surface area (Å²) in [7, 11) is 3.03. The van der Waals surface area contributed by atoms with Crippen molar-refractivity contribution in [2.75, 3.05) is 32.6 Å². The Morgan fingerprint density at radius 3 is 2.64 bits per heavy atom. The Balaban J connectivity index is 1.41. The average molecular weight is 471 g/mol. The van der Waals surface area contributed by atoms with Crippen LogP contribution in [0.4, 0.5) is 5.69 Å². The van der Waals surface area contributed by atoms with Crippen LogP contribution in [0.5, 0.6) is 11.5 Å². The van der Waals surface area contributed by atoms with Crippen LogP contribution in [0, 0.1) is 0 Å². The largest absolute Gasteiger partial charge is 0.493 e. The van der Waals surface area contributed by atoms with Crippen molar-refractivity contribution in [1.82, 2.24) is 15.0 Å². The number of nitrogens with one attached hydrogen (secondary N) is 1. The highest BCUT2D eigenvalue weighted by atomic mass is 32.1. The standard InChI is InChI=1S/C23H26N4O5S/c1-30-17-13-15(23(29)27-10-3-4-11-27)16(14-18(17)31-2)24-20(28)8-5-9-21-25-22(26-32-21)19-7-6-12-33-19/h6-7,12-14H,3-5,8-11H2,1-2H3,(H,24,28). The van der Waals surface area contributed by atoms with Crippen LogP contribution in [0.3, 0.4) is 0 Å². The first-order valence-electron chi connectivity index (χ1n) is 10.8. The quantitative estimate of drug-likeness (QED) is 0.503. The van der Waals surface area contributed by atoms with Crippen molar-refractivity contribution in [2.45, 2.75) is 32.1 Å². The maximum atomic E-state index is 13.1. The number of likely N-dealkylation sites (tertiary alicyclic amines) is 1. The van der Waals surface area contributed by atoms with E-state index in [4.69, 9.17) is 14.0 Å². The van der Waals surface area contributed by atoms with E-state index in [-0.39, 0.29) is 18.2 Å². The fourth-order valence-electron chi connectivity index (χ4n) is 3.73. The lowest BCUT2D eigenvalue weighted by Crippen LogP contribution is -2.29. The molecule has 0 aliphatic carbocycles. The summed E-state index contributed by atoms with van der Waals surface area (Å²) in [5.74, 6) is 1.59. The molecule has 33 heavy (non-hydrogen) atoms. The molecule has 3 aromatic rings. The second-order valence-corrected chi connectivity index (χ2v) is 8.59. The molecule has 10 heteroatoms. The van der Waals surface area contributed by atoms with Gasteiger partial charge in [0.2, 0.25) is 17.6 Å². The Morgan fingerprint density at radius 2 is 1.94 bits per heavy atom. The number of carbonyl (C=O) groups excluding carboxylic acids is 2. The van der Waals surface area contributed by atoms with Gasteiger partial charge in [0.15, 0.2) is 11.5 Å². The summed E-state index contributed by atoms with van der Waals surface area (Å²) in [6.45, 7) is 1.41. The van der Waals surface area contributed by atoms with Gasteiger partial charge in [0.05, 0.1) is 30.3 Å².